The zero-order chi connectivity index (χ0) is 19.4. The minimum Gasteiger partial charge on any atom is -0.322 e. The van der Waals surface area contributed by atoms with Crippen LogP contribution in [0.15, 0.2) is 59.9 Å². The average molecular weight is 403 g/mol. The minimum absolute atomic E-state index is 0.0803. The molecule has 0 saturated carbocycles. The standard InChI is InChI=1S/C18H15ClN4O3S/c1-22-16(12-6-8-13(19)9-7-12)10-20-18(22)27-11-17(24)21-14-4-2-3-5-15(14)23(25)26/h2-10H,11H2,1H3,(H,21,24). The lowest BCUT2D eigenvalue weighted by Gasteiger charge is -2.07. The van der Waals surface area contributed by atoms with Gasteiger partial charge in [-0.15, -0.1) is 0 Å². The van der Waals surface area contributed by atoms with Crippen LogP contribution in [0.3, 0.4) is 0 Å². The third-order valence-electron chi connectivity index (χ3n) is 3.79. The van der Waals surface area contributed by atoms with E-state index in [-0.39, 0.29) is 23.0 Å². The smallest absolute Gasteiger partial charge is 0.292 e. The quantitative estimate of drug-likeness (QED) is 0.375. The summed E-state index contributed by atoms with van der Waals surface area (Å²) in [5.41, 5.74) is 1.89. The van der Waals surface area contributed by atoms with E-state index >= 15 is 0 Å². The van der Waals surface area contributed by atoms with Crippen molar-refractivity contribution in [1.29, 1.82) is 0 Å². The van der Waals surface area contributed by atoms with Crippen molar-refractivity contribution in [2.24, 2.45) is 7.05 Å². The number of nitrogens with zero attached hydrogens (tertiary/aromatic N) is 3. The molecular formula is C18H15ClN4O3S. The highest BCUT2D eigenvalue weighted by atomic mass is 35.5. The van der Waals surface area contributed by atoms with E-state index in [9.17, 15) is 14.9 Å². The van der Waals surface area contributed by atoms with E-state index in [1.807, 2.05) is 23.7 Å². The molecule has 1 aromatic heterocycles. The summed E-state index contributed by atoms with van der Waals surface area (Å²) in [5.74, 6) is -0.262. The minimum atomic E-state index is -0.528. The second-order valence-electron chi connectivity index (χ2n) is 5.60. The fraction of sp³-hybridized carbons (Fsp3) is 0.111. The molecule has 3 aromatic rings. The largest absolute Gasteiger partial charge is 0.322 e. The monoisotopic (exact) mass is 402 g/mol. The first kappa shape index (κ1) is 18.9. The van der Waals surface area contributed by atoms with Gasteiger partial charge in [-0.25, -0.2) is 4.98 Å². The number of imidazole rings is 1. The highest BCUT2D eigenvalue weighted by Gasteiger charge is 2.16. The Hall–Kier alpha value is -2.84. The number of nitrogens with one attached hydrogen (secondary N) is 1. The first-order valence-electron chi connectivity index (χ1n) is 7.89. The van der Waals surface area contributed by atoms with Gasteiger partial charge >= 0.3 is 0 Å². The molecule has 1 heterocycles. The Bertz CT molecular complexity index is 989. The second kappa shape index (κ2) is 8.24. The van der Waals surface area contributed by atoms with Crippen LogP contribution in [0.5, 0.6) is 0 Å². The fourth-order valence-corrected chi connectivity index (χ4v) is 3.35. The molecule has 0 aliphatic heterocycles. The van der Waals surface area contributed by atoms with Crippen LogP contribution < -0.4 is 5.32 Å². The Labute approximate surface area is 164 Å². The van der Waals surface area contributed by atoms with Crippen molar-refractivity contribution in [2.75, 3.05) is 11.1 Å². The van der Waals surface area contributed by atoms with Gasteiger partial charge in [0.2, 0.25) is 5.91 Å². The van der Waals surface area contributed by atoms with Gasteiger partial charge in [-0.3, -0.25) is 14.9 Å². The van der Waals surface area contributed by atoms with Crippen molar-refractivity contribution in [3.8, 4) is 11.3 Å². The van der Waals surface area contributed by atoms with Crippen molar-refractivity contribution in [3.63, 3.8) is 0 Å². The molecule has 9 heteroatoms. The number of benzene rings is 2. The van der Waals surface area contributed by atoms with Crippen LogP contribution in [0, 0.1) is 10.1 Å². The van der Waals surface area contributed by atoms with Crippen molar-refractivity contribution < 1.29 is 9.72 Å². The lowest BCUT2D eigenvalue weighted by molar-refractivity contribution is -0.383. The maximum atomic E-state index is 12.2. The van der Waals surface area contributed by atoms with Crippen LogP contribution in [0.25, 0.3) is 11.3 Å². The van der Waals surface area contributed by atoms with Gasteiger partial charge in [0, 0.05) is 18.1 Å². The highest BCUT2D eigenvalue weighted by molar-refractivity contribution is 7.99. The van der Waals surface area contributed by atoms with E-state index in [0.717, 1.165) is 11.3 Å². The van der Waals surface area contributed by atoms with E-state index in [1.165, 1.54) is 23.9 Å². The van der Waals surface area contributed by atoms with Crippen molar-refractivity contribution >= 4 is 40.6 Å². The summed E-state index contributed by atoms with van der Waals surface area (Å²) >= 11 is 7.16. The van der Waals surface area contributed by atoms with Crippen LogP contribution in [0.2, 0.25) is 5.02 Å². The third-order valence-corrected chi connectivity index (χ3v) is 5.09. The zero-order valence-corrected chi connectivity index (χ0v) is 15.8. The number of aromatic nitrogens is 2. The maximum absolute atomic E-state index is 12.2. The number of thioether (sulfide) groups is 1. The van der Waals surface area contributed by atoms with Crippen molar-refractivity contribution in [3.05, 3.63) is 69.9 Å². The molecule has 0 spiro atoms. The van der Waals surface area contributed by atoms with Crippen LogP contribution in [0.4, 0.5) is 11.4 Å². The summed E-state index contributed by atoms with van der Waals surface area (Å²) in [6.45, 7) is 0. The summed E-state index contributed by atoms with van der Waals surface area (Å²) < 4.78 is 1.88. The van der Waals surface area contributed by atoms with E-state index < -0.39 is 4.92 Å². The van der Waals surface area contributed by atoms with Crippen LogP contribution >= 0.6 is 23.4 Å². The predicted molar refractivity (Wildman–Crippen MR) is 106 cm³/mol. The molecule has 3 rings (SSSR count). The van der Waals surface area contributed by atoms with Crippen molar-refractivity contribution in [1.82, 2.24) is 9.55 Å². The van der Waals surface area contributed by atoms with Crippen LogP contribution in [-0.4, -0.2) is 26.1 Å². The molecule has 0 aliphatic carbocycles. The van der Waals surface area contributed by atoms with E-state index in [2.05, 4.69) is 10.3 Å². The molecule has 1 amide bonds. The molecule has 0 atom stereocenters. The number of rotatable bonds is 6. The number of halogens is 1. The Morgan fingerprint density at radius 3 is 2.67 bits per heavy atom. The highest BCUT2D eigenvalue weighted by Crippen LogP contribution is 2.27. The van der Waals surface area contributed by atoms with E-state index in [4.69, 9.17) is 11.6 Å². The normalized spacial score (nSPS) is 10.6. The Kier molecular flexibility index (Phi) is 5.78. The summed E-state index contributed by atoms with van der Waals surface area (Å²) in [6, 6.07) is 13.4. The molecule has 27 heavy (non-hydrogen) atoms. The number of carbonyl (C=O) groups excluding carboxylic acids is 1. The van der Waals surface area contributed by atoms with Crippen LogP contribution in [0.1, 0.15) is 0 Å². The van der Waals surface area contributed by atoms with Gasteiger partial charge in [0.25, 0.3) is 5.69 Å². The van der Waals surface area contributed by atoms with Crippen LogP contribution in [-0.2, 0) is 11.8 Å². The van der Waals surface area contributed by atoms with Gasteiger partial charge in [0.05, 0.1) is 22.6 Å². The first-order chi connectivity index (χ1) is 13.0. The van der Waals surface area contributed by atoms with E-state index in [0.29, 0.717) is 10.2 Å². The Morgan fingerprint density at radius 2 is 1.96 bits per heavy atom. The number of hydrogen-bond donors (Lipinski definition) is 1. The molecule has 0 saturated heterocycles. The SMILES string of the molecule is Cn1c(-c2ccc(Cl)cc2)cnc1SCC(=O)Nc1ccccc1[N+](=O)[O-]. The zero-order valence-electron chi connectivity index (χ0n) is 14.3. The molecule has 138 valence electrons. The summed E-state index contributed by atoms with van der Waals surface area (Å²) in [5, 5.41) is 14.9. The average Bonchev–Trinajstić information content (AvgIpc) is 3.01. The molecule has 0 unspecified atom stereocenters. The number of carbonyl (C=O) groups is 1. The lowest BCUT2D eigenvalue weighted by atomic mass is 10.2. The molecule has 0 radical (unpaired) electrons. The molecule has 1 N–H and O–H groups in total. The van der Waals surface area contributed by atoms with Gasteiger partial charge in [0.15, 0.2) is 5.16 Å². The molecule has 0 bridgehead atoms. The second-order valence-corrected chi connectivity index (χ2v) is 6.98. The summed E-state index contributed by atoms with van der Waals surface area (Å²) in [6.07, 6.45) is 1.73. The third kappa shape index (κ3) is 4.47. The van der Waals surface area contributed by atoms with Gasteiger partial charge in [-0.2, -0.15) is 0 Å². The number of para-hydroxylation sites is 2. The number of nitro benzene ring substituents is 1. The molecule has 0 aliphatic rings. The van der Waals surface area contributed by atoms with Gasteiger partial charge in [-0.1, -0.05) is 47.6 Å². The summed E-state index contributed by atoms with van der Waals surface area (Å²) in [7, 11) is 1.86. The fourth-order valence-electron chi connectivity index (χ4n) is 2.47. The Morgan fingerprint density at radius 1 is 1.26 bits per heavy atom. The molecule has 7 nitrogen and oxygen atoms in total. The van der Waals surface area contributed by atoms with E-state index in [1.54, 1.807) is 30.5 Å². The first-order valence-corrected chi connectivity index (χ1v) is 9.26. The number of amides is 1. The number of nitro groups is 1. The lowest BCUT2D eigenvalue weighted by Crippen LogP contribution is -2.15. The topological polar surface area (TPSA) is 90.1 Å². The summed E-state index contributed by atoms with van der Waals surface area (Å²) in [4.78, 5) is 27.0. The number of hydrogen-bond acceptors (Lipinski definition) is 5. The predicted octanol–water partition coefficient (Wildman–Crippen LogP) is 4.38. The van der Waals surface area contributed by atoms with Gasteiger partial charge in [0.1, 0.15) is 5.69 Å². The number of anilines is 1. The van der Waals surface area contributed by atoms with Crippen molar-refractivity contribution in [2.45, 2.75) is 5.16 Å². The maximum Gasteiger partial charge on any atom is 0.292 e. The Balaban J connectivity index is 1.66. The molecule has 2 aromatic carbocycles. The van der Waals surface area contributed by atoms with Gasteiger partial charge in [-0.05, 0) is 23.8 Å². The molecule has 0 fully saturated rings. The molecular weight excluding hydrogens is 388 g/mol. The van der Waals surface area contributed by atoms with Gasteiger partial charge < -0.3 is 9.88 Å².